The van der Waals surface area contributed by atoms with Crippen molar-refractivity contribution in [3.63, 3.8) is 0 Å². The highest BCUT2D eigenvalue weighted by Gasteiger charge is 2.47. The summed E-state index contributed by atoms with van der Waals surface area (Å²) in [5, 5.41) is 12.8. The maximum absolute atomic E-state index is 10.6. The lowest BCUT2D eigenvalue weighted by Gasteiger charge is -2.14. The van der Waals surface area contributed by atoms with Crippen LogP contribution in [-0.2, 0) is 10.2 Å². The number of benzene rings is 2. The summed E-state index contributed by atoms with van der Waals surface area (Å²) in [6, 6.07) is 22.8. The third-order valence-electron chi connectivity index (χ3n) is 5.62. The van der Waals surface area contributed by atoms with Crippen LogP contribution in [0.15, 0.2) is 66.7 Å². The number of thiazole rings is 1. The Morgan fingerprint density at radius 3 is 2.47 bits per heavy atom. The van der Waals surface area contributed by atoms with Gasteiger partial charge >= 0.3 is 5.97 Å². The minimum absolute atomic E-state index is 0.0584. The number of carbonyl (C=O) groups is 1. The number of aromatic nitrogens is 2. The van der Waals surface area contributed by atoms with Crippen molar-refractivity contribution in [1.82, 2.24) is 9.97 Å². The van der Waals surface area contributed by atoms with Crippen LogP contribution in [0, 0.1) is 0 Å². The lowest BCUT2D eigenvalue weighted by molar-refractivity contribution is -0.136. The van der Waals surface area contributed by atoms with Gasteiger partial charge in [0.15, 0.2) is 0 Å². The van der Waals surface area contributed by atoms with Crippen molar-refractivity contribution in [2.45, 2.75) is 24.7 Å². The van der Waals surface area contributed by atoms with E-state index in [4.69, 9.17) is 15.1 Å². The van der Waals surface area contributed by atoms with Gasteiger partial charge in [-0.15, -0.1) is 0 Å². The van der Waals surface area contributed by atoms with Gasteiger partial charge in [-0.2, -0.15) is 0 Å². The molecule has 150 valence electrons. The lowest BCUT2D eigenvalue weighted by Crippen LogP contribution is -2.10. The molecule has 1 fully saturated rings. The average molecular weight is 416 g/mol. The maximum Gasteiger partial charge on any atom is 0.305 e. The molecule has 1 aliphatic rings. The van der Waals surface area contributed by atoms with Crippen LogP contribution >= 0.6 is 11.3 Å². The standard InChI is InChI=1S/C24H21N3O2S/c28-21(29)12-15-25-18-8-6-16(7-9-18)22-26-19-10-11-20(27-23(19)30-22)24(13-14-24)17-4-2-1-3-5-17/h1-11,25H,12-15H2,(H,28,29). The Hall–Kier alpha value is -3.25. The number of aliphatic carboxylic acids is 1. The molecule has 0 unspecified atom stereocenters. The van der Waals surface area contributed by atoms with Gasteiger partial charge in [-0.25, -0.2) is 9.97 Å². The molecule has 6 heteroatoms. The first-order chi connectivity index (χ1) is 14.6. The fraction of sp³-hybridized carbons (Fsp3) is 0.208. The number of nitrogens with one attached hydrogen (secondary N) is 1. The van der Waals surface area contributed by atoms with E-state index in [0.29, 0.717) is 6.54 Å². The zero-order chi connectivity index (χ0) is 20.6. The molecular formula is C24H21N3O2S. The van der Waals surface area contributed by atoms with Crippen molar-refractivity contribution in [1.29, 1.82) is 0 Å². The molecule has 2 aromatic heterocycles. The number of carboxylic acids is 1. The second-order valence-corrected chi connectivity index (χ2v) is 8.61. The Kier molecular flexibility index (Phi) is 4.71. The van der Waals surface area contributed by atoms with Crippen LogP contribution in [0.3, 0.4) is 0 Å². The molecule has 30 heavy (non-hydrogen) atoms. The molecule has 0 amide bonds. The largest absolute Gasteiger partial charge is 0.481 e. The molecule has 2 aromatic carbocycles. The van der Waals surface area contributed by atoms with Crippen LogP contribution in [0.2, 0.25) is 0 Å². The molecule has 1 saturated carbocycles. The number of pyridine rings is 1. The molecule has 5 rings (SSSR count). The van der Waals surface area contributed by atoms with Gasteiger partial charge < -0.3 is 10.4 Å². The van der Waals surface area contributed by atoms with Crippen molar-refractivity contribution >= 4 is 33.3 Å². The molecule has 2 heterocycles. The monoisotopic (exact) mass is 415 g/mol. The van der Waals surface area contributed by atoms with Crippen molar-refractivity contribution in [3.8, 4) is 10.6 Å². The number of carboxylic acid groups (broad SMARTS) is 1. The highest BCUT2D eigenvalue weighted by molar-refractivity contribution is 7.21. The number of nitrogens with zero attached hydrogens (tertiary/aromatic N) is 2. The number of rotatable bonds is 7. The maximum atomic E-state index is 10.6. The first kappa shape index (κ1) is 18.8. The quantitative estimate of drug-likeness (QED) is 0.427. The zero-order valence-electron chi connectivity index (χ0n) is 16.3. The van der Waals surface area contributed by atoms with E-state index in [-0.39, 0.29) is 11.8 Å². The molecule has 0 bridgehead atoms. The second kappa shape index (κ2) is 7.54. The smallest absolute Gasteiger partial charge is 0.305 e. The van der Waals surface area contributed by atoms with Crippen LogP contribution in [0.1, 0.15) is 30.5 Å². The lowest BCUT2D eigenvalue weighted by atomic mass is 9.92. The minimum atomic E-state index is -0.805. The zero-order valence-corrected chi connectivity index (χ0v) is 17.2. The first-order valence-electron chi connectivity index (χ1n) is 10.0. The Balaban J connectivity index is 1.39. The summed E-state index contributed by atoms with van der Waals surface area (Å²) in [6.45, 7) is 0.408. The molecule has 0 atom stereocenters. The molecule has 2 N–H and O–H groups in total. The number of anilines is 1. The van der Waals surface area contributed by atoms with Crippen molar-refractivity contribution in [2.75, 3.05) is 11.9 Å². The van der Waals surface area contributed by atoms with Gasteiger partial charge in [0.2, 0.25) is 0 Å². The topological polar surface area (TPSA) is 75.1 Å². The third kappa shape index (κ3) is 3.55. The van der Waals surface area contributed by atoms with Crippen LogP contribution < -0.4 is 5.32 Å². The fourth-order valence-electron chi connectivity index (χ4n) is 3.83. The molecule has 5 nitrogen and oxygen atoms in total. The van der Waals surface area contributed by atoms with Gasteiger partial charge in [-0.05, 0) is 54.8 Å². The molecule has 0 radical (unpaired) electrons. The minimum Gasteiger partial charge on any atom is -0.481 e. The van der Waals surface area contributed by atoms with Gasteiger partial charge in [-0.1, -0.05) is 41.7 Å². The molecule has 1 aliphatic carbocycles. The van der Waals surface area contributed by atoms with Crippen LogP contribution in [0.5, 0.6) is 0 Å². The number of hydrogen-bond acceptors (Lipinski definition) is 5. The van der Waals surface area contributed by atoms with Crippen LogP contribution in [0.4, 0.5) is 5.69 Å². The summed E-state index contributed by atoms with van der Waals surface area (Å²) in [4.78, 5) is 21.4. The van der Waals surface area contributed by atoms with Crippen LogP contribution in [-0.4, -0.2) is 27.6 Å². The summed E-state index contributed by atoms with van der Waals surface area (Å²) in [7, 11) is 0. The Morgan fingerprint density at radius 1 is 1.00 bits per heavy atom. The SMILES string of the molecule is O=C(O)CCNc1ccc(-c2nc3ccc(C4(c5ccccc5)CC4)nc3s2)cc1. The van der Waals surface area contributed by atoms with Gasteiger partial charge in [0.05, 0.1) is 12.1 Å². The molecule has 0 aliphatic heterocycles. The van der Waals surface area contributed by atoms with Crippen molar-refractivity contribution in [2.24, 2.45) is 0 Å². The van der Waals surface area contributed by atoms with Gasteiger partial charge in [0, 0.05) is 23.2 Å². The Morgan fingerprint density at radius 2 is 1.77 bits per heavy atom. The van der Waals surface area contributed by atoms with E-state index >= 15 is 0 Å². The van der Waals surface area contributed by atoms with Gasteiger partial charge in [0.25, 0.3) is 0 Å². The second-order valence-electron chi connectivity index (χ2n) is 7.64. The summed E-state index contributed by atoms with van der Waals surface area (Å²) in [5.41, 5.74) is 5.39. The van der Waals surface area contributed by atoms with Crippen molar-refractivity contribution in [3.05, 3.63) is 78.0 Å². The predicted molar refractivity (Wildman–Crippen MR) is 120 cm³/mol. The van der Waals surface area contributed by atoms with E-state index in [1.165, 1.54) is 5.56 Å². The summed E-state index contributed by atoms with van der Waals surface area (Å²) in [5.74, 6) is -0.805. The molecule has 0 spiro atoms. The van der Waals surface area contributed by atoms with Gasteiger partial charge in [0.1, 0.15) is 15.4 Å². The number of hydrogen-bond donors (Lipinski definition) is 2. The van der Waals surface area contributed by atoms with E-state index in [2.05, 4.69) is 47.8 Å². The van der Waals surface area contributed by atoms with Gasteiger partial charge in [-0.3, -0.25) is 4.79 Å². The number of fused-ring (bicyclic) bond motifs is 1. The van der Waals surface area contributed by atoms with Crippen molar-refractivity contribution < 1.29 is 9.90 Å². The molecule has 0 saturated heterocycles. The van der Waals surface area contributed by atoms with E-state index < -0.39 is 5.97 Å². The van der Waals surface area contributed by atoms with Crippen LogP contribution in [0.25, 0.3) is 20.9 Å². The first-order valence-corrected chi connectivity index (χ1v) is 10.9. The fourth-order valence-corrected chi connectivity index (χ4v) is 4.77. The Labute approximate surface area is 178 Å². The Bertz CT molecular complexity index is 1200. The van der Waals surface area contributed by atoms with E-state index in [0.717, 1.165) is 45.1 Å². The highest BCUT2D eigenvalue weighted by Crippen LogP contribution is 2.53. The van der Waals surface area contributed by atoms with E-state index in [1.54, 1.807) is 11.3 Å². The van der Waals surface area contributed by atoms with E-state index in [9.17, 15) is 4.79 Å². The summed E-state index contributed by atoms with van der Waals surface area (Å²) >= 11 is 1.61. The molecular weight excluding hydrogens is 394 g/mol. The van der Waals surface area contributed by atoms with E-state index in [1.807, 2.05) is 24.3 Å². The average Bonchev–Trinajstić information content (AvgIpc) is 3.47. The molecule has 4 aromatic rings. The third-order valence-corrected chi connectivity index (χ3v) is 6.64. The predicted octanol–water partition coefficient (Wildman–Crippen LogP) is 5.32. The normalized spacial score (nSPS) is 14.5. The highest BCUT2D eigenvalue weighted by atomic mass is 32.1. The summed E-state index contributed by atoms with van der Waals surface area (Å²) < 4.78 is 0. The summed E-state index contributed by atoms with van der Waals surface area (Å²) in [6.07, 6.45) is 2.37.